The first-order valence-corrected chi connectivity index (χ1v) is 7.56. The third kappa shape index (κ3) is 2.60. The Morgan fingerprint density at radius 3 is 2.47 bits per heavy atom. The first kappa shape index (κ1) is 12.9. The lowest BCUT2D eigenvalue weighted by Gasteiger charge is -2.20. The quantitative estimate of drug-likeness (QED) is 0.727. The van der Waals surface area contributed by atoms with Crippen LogP contribution in [0.15, 0.2) is 48.5 Å². The third-order valence-corrected chi connectivity index (χ3v) is 5.15. The molecule has 0 saturated heterocycles. The van der Waals surface area contributed by atoms with E-state index in [9.17, 15) is 0 Å². The van der Waals surface area contributed by atoms with Crippen LogP contribution in [-0.2, 0) is 18.0 Å². The lowest BCUT2D eigenvalue weighted by atomic mass is 9.92. The van der Waals surface area contributed by atoms with Crippen molar-refractivity contribution >= 4 is 15.9 Å². The summed E-state index contributed by atoms with van der Waals surface area (Å²) in [7, 11) is 0. The SMILES string of the molecule is CC(c1ccccc1)C(Br)c1ccc2c(c1)COC2. The molecule has 0 radical (unpaired) electrons. The van der Waals surface area contributed by atoms with E-state index in [-0.39, 0.29) is 0 Å². The molecule has 2 aromatic carbocycles. The van der Waals surface area contributed by atoms with Gasteiger partial charge in [0.2, 0.25) is 0 Å². The van der Waals surface area contributed by atoms with E-state index in [0.29, 0.717) is 10.7 Å². The topological polar surface area (TPSA) is 9.23 Å². The molecule has 98 valence electrons. The van der Waals surface area contributed by atoms with Gasteiger partial charge in [-0.05, 0) is 28.2 Å². The van der Waals surface area contributed by atoms with E-state index < -0.39 is 0 Å². The second-order valence-corrected chi connectivity index (χ2v) is 6.11. The van der Waals surface area contributed by atoms with Gasteiger partial charge in [-0.15, -0.1) is 0 Å². The number of hydrogen-bond acceptors (Lipinski definition) is 1. The molecule has 1 nitrogen and oxygen atoms in total. The molecule has 1 heterocycles. The molecule has 0 N–H and O–H groups in total. The van der Waals surface area contributed by atoms with Crippen molar-refractivity contribution in [2.45, 2.75) is 30.9 Å². The average Bonchev–Trinajstić information content (AvgIpc) is 2.94. The van der Waals surface area contributed by atoms with E-state index in [1.54, 1.807) is 0 Å². The summed E-state index contributed by atoms with van der Waals surface area (Å²) in [5, 5.41) is 0. The van der Waals surface area contributed by atoms with Crippen LogP contribution in [0, 0.1) is 0 Å². The van der Waals surface area contributed by atoms with Crippen LogP contribution in [-0.4, -0.2) is 0 Å². The van der Waals surface area contributed by atoms with Crippen molar-refractivity contribution in [3.63, 3.8) is 0 Å². The molecular weight excluding hydrogens is 300 g/mol. The van der Waals surface area contributed by atoms with Gasteiger partial charge < -0.3 is 4.74 Å². The lowest BCUT2D eigenvalue weighted by Crippen LogP contribution is -2.02. The van der Waals surface area contributed by atoms with Crippen molar-refractivity contribution in [1.29, 1.82) is 0 Å². The van der Waals surface area contributed by atoms with E-state index in [0.717, 1.165) is 13.2 Å². The average molecular weight is 317 g/mol. The molecule has 0 spiro atoms. The largest absolute Gasteiger partial charge is 0.372 e. The minimum atomic E-state index is 0.334. The van der Waals surface area contributed by atoms with Crippen molar-refractivity contribution in [2.24, 2.45) is 0 Å². The first-order valence-electron chi connectivity index (χ1n) is 6.64. The summed E-state index contributed by atoms with van der Waals surface area (Å²) in [6.07, 6.45) is 0. The summed E-state index contributed by atoms with van der Waals surface area (Å²) in [5.74, 6) is 0.446. The number of alkyl halides is 1. The highest BCUT2D eigenvalue weighted by molar-refractivity contribution is 9.09. The Morgan fingerprint density at radius 2 is 1.68 bits per heavy atom. The molecular formula is C17H17BrO. The third-order valence-electron chi connectivity index (χ3n) is 3.83. The zero-order valence-electron chi connectivity index (χ0n) is 11.0. The van der Waals surface area contributed by atoms with Gasteiger partial charge in [-0.3, -0.25) is 0 Å². The molecule has 1 aliphatic heterocycles. The molecule has 0 fully saturated rings. The molecule has 1 aliphatic rings. The lowest BCUT2D eigenvalue weighted by molar-refractivity contribution is 0.134. The molecule has 0 aliphatic carbocycles. The molecule has 0 amide bonds. The van der Waals surface area contributed by atoms with Crippen LogP contribution in [0.1, 0.15) is 39.9 Å². The van der Waals surface area contributed by atoms with Crippen LogP contribution in [0.4, 0.5) is 0 Å². The summed E-state index contributed by atoms with van der Waals surface area (Å²) < 4.78 is 5.48. The fourth-order valence-corrected chi connectivity index (χ4v) is 3.17. The van der Waals surface area contributed by atoms with Crippen LogP contribution in [0.3, 0.4) is 0 Å². The monoisotopic (exact) mass is 316 g/mol. The van der Waals surface area contributed by atoms with Gasteiger partial charge >= 0.3 is 0 Å². The molecule has 2 aromatic rings. The second-order valence-electron chi connectivity index (χ2n) is 5.12. The van der Waals surface area contributed by atoms with E-state index in [1.807, 2.05) is 0 Å². The standard InChI is InChI=1S/C17H17BrO/c1-12(13-5-3-2-4-6-13)17(18)14-7-8-15-10-19-11-16(15)9-14/h2-9,12,17H,10-11H2,1H3. The normalized spacial score (nSPS) is 16.9. The number of rotatable bonds is 3. The van der Waals surface area contributed by atoms with Crippen LogP contribution in [0.2, 0.25) is 0 Å². The maximum absolute atomic E-state index is 5.48. The van der Waals surface area contributed by atoms with E-state index >= 15 is 0 Å². The predicted molar refractivity (Wildman–Crippen MR) is 81.5 cm³/mol. The number of hydrogen-bond donors (Lipinski definition) is 0. The Labute approximate surface area is 122 Å². The predicted octanol–water partition coefficient (Wildman–Crippen LogP) is 4.96. The van der Waals surface area contributed by atoms with Crippen LogP contribution in [0.25, 0.3) is 0 Å². The molecule has 3 rings (SSSR count). The maximum atomic E-state index is 5.48. The van der Waals surface area contributed by atoms with Gasteiger partial charge in [-0.1, -0.05) is 71.4 Å². The maximum Gasteiger partial charge on any atom is 0.0725 e. The molecule has 19 heavy (non-hydrogen) atoms. The highest BCUT2D eigenvalue weighted by Crippen LogP contribution is 2.38. The summed E-state index contributed by atoms with van der Waals surface area (Å²) in [4.78, 5) is 0.334. The summed E-state index contributed by atoms with van der Waals surface area (Å²) in [5.41, 5.74) is 5.36. The Hall–Kier alpha value is -1.12. The Bertz CT molecular complexity index is 565. The molecule has 0 aromatic heterocycles. The summed E-state index contributed by atoms with van der Waals surface area (Å²) in [6, 6.07) is 17.3. The summed E-state index contributed by atoms with van der Waals surface area (Å²) >= 11 is 3.86. The molecule has 2 atom stereocenters. The van der Waals surface area contributed by atoms with Gasteiger partial charge in [0.1, 0.15) is 0 Å². The van der Waals surface area contributed by atoms with Gasteiger partial charge in [0.25, 0.3) is 0 Å². The van der Waals surface area contributed by atoms with E-state index in [4.69, 9.17) is 4.74 Å². The minimum Gasteiger partial charge on any atom is -0.372 e. The van der Waals surface area contributed by atoms with Gasteiger partial charge in [0.05, 0.1) is 13.2 Å². The Balaban J connectivity index is 1.86. The molecule has 0 bridgehead atoms. The van der Waals surface area contributed by atoms with Gasteiger partial charge in [0.15, 0.2) is 0 Å². The van der Waals surface area contributed by atoms with E-state index in [1.165, 1.54) is 22.3 Å². The fraction of sp³-hybridized carbons (Fsp3) is 0.294. The Morgan fingerprint density at radius 1 is 0.947 bits per heavy atom. The highest BCUT2D eigenvalue weighted by atomic mass is 79.9. The van der Waals surface area contributed by atoms with Crippen molar-refractivity contribution in [2.75, 3.05) is 0 Å². The van der Waals surface area contributed by atoms with Crippen molar-refractivity contribution in [1.82, 2.24) is 0 Å². The van der Waals surface area contributed by atoms with Crippen molar-refractivity contribution in [3.05, 3.63) is 70.8 Å². The summed E-state index contributed by atoms with van der Waals surface area (Å²) in [6.45, 7) is 3.78. The zero-order valence-corrected chi connectivity index (χ0v) is 12.6. The second kappa shape index (κ2) is 5.48. The van der Waals surface area contributed by atoms with E-state index in [2.05, 4.69) is 71.4 Å². The van der Waals surface area contributed by atoms with Crippen LogP contribution in [0.5, 0.6) is 0 Å². The van der Waals surface area contributed by atoms with Crippen molar-refractivity contribution < 1.29 is 4.74 Å². The van der Waals surface area contributed by atoms with Crippen molar-refractivity contribution in [3.8, 4) is 0 Å². The zero-order chi connectivity index (χ0) is 13.2. The van der Waals surface area contributed by atoms with Crippen LogP contribution < -0.4 is 0 Å². The number of halogens is 1. The minimum absolute atomic E-state index is 0.334. The highest BCUT2D eigenvalue weighted by Gasteiger charge is 2.20. The molecule has 0 saturated carbocycles. The fourth-order valence-electron chi connectivity index (χ4n) is 2.58. The van der Waals surface area contributed by atoms with Gasteiger partial charge in [-0.2, -0.15) is 0 Å². The Kier molecular flexibility index (Phi) is 3.72. The number of fused-ring (bicyclic) bond motifs is 1. The number of ether oxygens (including phenoxy) is 1. The van der Waals surface area contributed by atoms with Crippen LogP contribution >= 0.6 is 15.9 Å². The van der Waals surface area contributed by atoms with Gasteiger partial charge in [0, 0.05) is 4.83 Å². The first-order chi connectivity index (χ1) is 9.25. The number of benzene rings is 2. The molecule has 2 unspecified atom stereocenters. The smallest absolute Gasteiger partial charge is 0.0725 e. The molecule has 2 heteroatoms. The van der Waals surface area contributed by atoms with Gasteiger partial charge in [-0.25, -0.2) is 0 Å².